The molecule has 2 heterocycles. The Kier molecular flexibility index (Phi) is 7.06. The first-order valence-electron chi connectivity index (χ1n) is 11.0. The number of hydrogen-bond acceptors (Lipinski definition) is 6. The molecule has 0 radical (unpaired) electrons. The summed E-state index contributed by atoms with van der Waals surface area (Å²) in [4.78, 5) is 24.5. The molecule has 7 nitrogen and oxygen atoms in total. The summed E-state index contributed by atoms with van der Waals surface area (Å²) < 4.78 is 28.0. The minimum absolute atomic E-state index is 0.166. The topological polar surface area (TPSA) is 83.5 Å². The van der Waals surface area contributed by atoms with Crippen molar-refractivity contribution in [3.05, 3.63) is 83.7 Å². The molecule has 0 fully saturated rings. The number of hydrogen-bond donors (Lipinski definition) is 0. The molecule has 4 aromatic rings. The zero-order valence-corrected chi connectivity index (χ0v) is 20.9. The number of pyridine rings is 1. The molecule has 1 amide bonds. The van der Waals surface area contributed by atoms with Gasteiger partial charge >= 0.3 is 0 Å². The molecule has 0 aliphatic rings. The number of nitrogens with zero attached hydrogens (tertiary/aromatic N) is 4. The second-order valence-corrected chi connectivity index (χ2v) is 10.7. The van der Waals surface area contributed by atoms with Gasteiger partial charge in [-0.2, -0.15) is 4.31 Å². The number of carbonyl (C=O) groups is 1. The van der Waals surface area contributed by atoms with Gasteiger partial charge in [0.2, 0.25) is 10.0 Å². The zero-order chi connectivity index (χ0) is 24.3. The summed E-state index contributed by atoms with van der Waals surface area (Å²) in [5, 5.41) is 0.569. The first kappa shape index (κ1) is 24.0. The van der Waals surface area contributed by atoms with Crippen LogP contribution in [0.5, 0.6) is 0 Å². The number of fused-ring (bicyclic) bond motifs is 1. The Bertz CT molecular complexity index is 1400. The number of sulfonamides is 1. The van der Waals surface area contributed by atoms with Gasteiger partial charge in [0.05, 0.1) is 27.4 Å². The molecule has 2 aromatic heterocycles. The van der Waals surface area contributed by atoms with E-state index >= 15 is 0 Å². The average molecular weight is 495 g/mol. The highest BCUT2D eigenvalue weighted by molar-refractivity contribution is 7.89. The summed E-state index contributed by atoms with van der Waals surface area (Å²) in [6.07, 6.45) is 1.69. The van der Waals surface area contributed by atoms with E-state index in [0.29, 0.717) is 23.8 Å². The van der Waals surface area contributed by atoms with Crippen molar-refractivity contribution in [2.45, 2.75) is 32.2 Å². The smallest absolute Gasteiger partial charge is 0.260 e. The lowest BCUT2D eigenvalue weighted by Crippen LogP contribution is -2.31. The second kappa shape index (κ2) is 10.0. The third-order valence-corrected chi connectivity index (χ3v) is 8.68. The summed E-state index contributed by atoms with van der Waals surface area (Å²) in [6.45, 7) is 6.61. The SMILES string of the molecule is CCN(CC)S(=O)(=O)c1ccc(C(=O)N(Cc2ccccn2)c2nc3c(C)cccc3s2)cc1. The first-order chi connectivity index (χ1) is 16.3. The van der Waals surface area contributed by atoms with Gasteiger partial charge in [0.15, 0.2) is 5.13 Å². The predicted octanol–water partition coefficient (Wildman–Crippen LogP) is 4.88. The fourth-order valence-electron chi connectivity index (χ4n) is 3.71. The molecule has 0 N–H and O–H groups in total. The molecule has 0 saturated heterocycles. The molecule has 0 spiro atoms. The number of aromatic nitrogens is 2. The van der Waals surface area contributed by atoms with E-state index in [2.05, 4.69) is 4.98 Å². The molecule has 176 valence electrons. The first-order valence-corrected chi connectivity index (χ1v) is 13.3. The maximum absolute atomic E-state index is 13.6. The summed E-state index contributed by atoms with van der Waals surface area (Å²) in [6, 6.07) is 17.6. The van der Waals surface area contributed by atoms with Crippen LogP contribution in [0.25, 0.3) is 10.2 Å². The molecular weight excluding hydrogens is 468 g/mol. The summed E-state index contributed by atoms with van der Waals surface area (Å²) in [7, 11) is -3.60. The van der Waals surface area contributed by atoms with Crippen molar-refractivity contribution in [3.63, 3.8) is 0 Å². The van der Waals surface area contributed by atoms with E-state index < -0.39 is 10.0 Å². The molecule has 0 atom stereocenters. The van der Waals surface area contributed by atoms with E-state index in [1.54, 1.807) is 37.1 Å². The third-order valence-electron chi connectivity index (χ3n) is 5.58. The lowest BCUT2D eigenvalue weighted by atomic mass is 10.2. The molecule has 0 saturated carbocycles. The number of anilines is 1. The van der Waals surface area contributed by atoms with E-state index in [0.717, 1.165) is 21.5 Å². The highest BCUT2D eigenvalue weighted by Crippen LogP contribution is 2.32. The second-order valence-electron chi connectivity index (χ2n) is 7.74. The van der Waals surface area contributed by atoms with Crippen LogP contribution in [0.2, 0.25) is 0 Å². The molecule has 4 rings (SSSR count). The van der Waals surface area contributed by atoms with Crippen LogP contribution < -0.4 is 4.90 Å². The Morgan fingerprint density at radius 3 is 2.32 bits per heavy atom. The largest absolute Gasteiger partial charge is 0.278 e. The molecule has 0 bridgehead atoms. The van der Waals surface area contributed by atoms with Crippen LogP contribution in [-0.2, 0) is 16.6 Å². The maximum atomic E-state index is 13.6. The highest BCUT2D eigenvalue weighted by atomic mass is 32.2. The standard InChI is InChI=1S/C25H26N4O3S2/c1-4-28(5-2)34(31,32)21-14-12-19(13-15-21)24(30)29(17-20-10-6-7-16-26-20)25-27-23-18(3)9-8-11-22(23)33-25/h6-16H,4-5,17H2,1-3H3. The number of rotatable bonds is 8. The Morgan fingerprint density at radius 1 is 0.971 bits per heavy atom. The van der Waals surface area contributed by atoms with Gasteiger partial charge < -0.3 is 0 Å². The lowest BCUT2D eigenvalue weighted by molar-refractivity contribution is 0.0984. The van der Waals surface area contributed by atoms with Crippen molar-refractivity contribution < 1.29 is 13.2 Å². The molecule has 9 heteroatoms. The highest BCUT2D eigenvalue weighted by Gasteiger charge is 2.25. The van der Waals surface area contributed by atoms with Crippen LogP contribution in [-0.4, -0.2) is 41.7 Å². The van der Waals surface area contributed by atoms with Gasteiger partial charge in [-0.15, -0.1) is 0 Å². The Balaban J connectivity index is 1.71. The van der Waals surface area contributed by atoms with Crippen molar-refractivity contribution in [1.29, 1.82) is 0 Å². The average Bonchev–Trinajstić information content (AvgIpc) is 3.29. The van der Waals surface area contributed by atoms with Crippen molar-refractivity contribution in [2.75, 3.05) is 18.0 Å². The van der Waals surface area contributed by atoms with Gasteiger partial charge in [-0.3, -0.25) is 14.7 Å². The van der Waals surface area contributed by atoms with E-state index in [9.17, 15) is 13.2 Å². The van der Waals surface area contributed by atoms with Gasteiger partial charge in [-0.05, 0) is 55.0 Å². The summed E-state index contributed by atoms with van der Waals surface area (Å²) in [5.74, 6) is -0.269. The fraction of sp³-hybridized carbons (Fsp3) is 0.240. The van der Waals surface area contributed by atoms with Crippen LogP contribution in [0, 0.1) is 6.92 Å². The normalized spacial score (nSPS) is 11.8. The van der Waals surface area contributed by atoms with Crippen LogP contribution >= 0.6 is 11.3 Å². The minimum Gasteiger partial charge on any atom is -0.278 e. The zero-order valence-electron chi connectivity index (χ0n) is 19.3. The number of amides is 1. The fourth-order valence-corrected chi connectivity index (χ4v) is 6.21. The lowest BCUT2D eigenvalue weighted by Gasteiger charge is -2.21. The van der Waals surface area contributed by atoms with E-state index in [1.807, 2.05) is 43.3 Å². The van der Waals surface area contributed by atoms with E-state index in [4.69, 9.17) is 4.98 Å². The van der Waals surface area contributed by atoms with E-state index in [1.165, 1.54) is 27.8 Å². The van der Waals surface area contributed by atoms with Crippen LogP contribution in [0.4, 0.5) is 5.13 Å². The van der Waals surface area contributed by atoms with E-state index in [-0.39, 0.29) is 17.3 Å². The summed E-state index contributed by atoms with van der Waals surface area (Å²) >= 11 is 1.44. The molecular formula is C25H26N4O3S2. The molecule has 0 aliphatic heterocycles. The van der Waals surface area contributed by atoms with Gasteiger partial charge in [-0.25, -0.2) is 13.4 Å². The van der Waals surface area contributed by atoms with Crippen molar-refractivity contribution >= 4 is 42.6 Å². The Morgan fingerprint density at radius 2 is 1.71 bits per heavy atom. The van der Waals surface area contributed by atoms with Crippen LogP contribution in [0.15, 0.2) is 71.8 Å². The number of thiazole rings is 1. The molecule has 34 heavy (non-hydrogen) atoms. The number of benzene rings is 2. The number of carbonyl (C=O) groups excluding carboxylic acids is 1. The van der Waals surface area contributed by atoms with Crippen LogP contribution in [0.1, 0.15) is 35.5 Å². The predicted molar refractivity (Wildman–Crippen MR) is 136 cm³/mol. The van der Waals surface area contributed by atoms with Gasteiger partial charge in [0.1, 0.15) is 0 Å². The third kappa shape index (κ3) is 4.72. The monoisotopic (exact) mass is 494 g/mol. The van der Waals surface area contributed by atoms with Crippen molar-refractivity contribution in [2.24, 2.45) is 0 Å². The molecule has 0 aliphatic carbocycles. The maximum Gasteiger partial charge on any atom is 0.260 e. The van der Waals surface area contributed by atoms with Crippen molar-refractivity contribution in [3.8, 4) is 0 Å². The van der Waals surface area contributed by atoms with Gasteiger partial charge in [0.25, 0.3) is 5.91 Å². The minimum atomic E-state index is -3.60. The summed E-state index contributed by atoms with van der Waals surface area (Å²) in [5.41, 5.74) is 3.01. The molecule has 0 unspecified atom stereocenters. The number of aryl methyl sites for hydroxylation is 1. The Hall–Kier alpha value is -3.14. The van der Waals surface area contributed by atoms with Crippen LogP contribution in [0.3, 0.4) is 0 Å². The van der Waals surface area contributed by atoms with Gasteiger partial charge in [-0.1, -0.05) is 43.4 Å². The molecule has 2 aromatic carbocycles. The van der Waals surface area contributed by atoms with Gasteiger partial charge in [0, 0.05) is 24.8 Å². The number of para-hydroxylation sites is 1. The van der Waals surface area contributed by atoms with Crippen molar-refractivity contribution in [1.82, 2.24) is 14.3 Å². The quantitative estimate of drug-likeness (QED) is 0.349. The Labute approximate surface area is 203 Å².